The average molecular weight is 492 g/mol. The van der Waals surface area contributed by atoms with Crippen LogP contribution in [0.4, 0.5) is 17.1 Å². The number of hydrogen-bond donors (Lipinski definition) is 0. The molecule has 8 heteroatoms. The minimum absolute atomic E-state index is 0.0475. The van der Waals surface area contributed by atoms with Crippen LogP contribution in [0.1, 0.15) is 27.8 Å². The van der Waals surface area contributed by atoms with Crippen LogP contribution in [0.5, 0.6) is 0 Å². The van der Waals surface area contributed by atoms with Gasteiger partial charge in [0, 0.05) is 6.07 Å². The van der Waals surface area contributed by atoms with E-state index in [0.717, 1.165) is 27.9 Å². The zero-order valence-electron chi connectivity index (χ0n) is 19.1. The Hall–Kier alpha value is -3.42. The molecule has 1 aliphatic rings. The number of hydrogen-bond acceptors (Lipinski definition) is 5. The fraction of sp³-hybridized carbons (Fsp3) is 0.154. The molecule has 4 rings (SSSR count). The van der Waals surface area contributed by atoms with Gasteiger partial charge in [-0.2, -0.15) is 0 Å². The molecule has 0 spiro atoms. The Kier molecular flexibility index (Phi) is 6.59. The second-order valence-corrected chi connectivity index (χ2v) is 9.57. The van der Waals surface area contributed by atoms with E-state index in [0.29, 0.717) is 21.3 Å². The predicted molar refractivity (Wildman–Crippen MR) is 140 cm³/mol. The normalized spacial score (nSPS) is 16.0. The zero-order chi connectivity index (χ0) is 24.6. The molecule has 1 heterocycles. The SMILES string of the molecule is Cc1ccc(N=C2S/C(=C\c3ccc(Cl)c([N+](=O)[O-])c3)C(=O)N2c2ccc(C)c(C)c2)cc1C. The molecule has 1 amide bonds. The fourth-order valence-electron chi connectivity index (χ4n) is 3.46. The molecule has 1 saturated heterocycles. The number of amides is 1. The van der Waals surface area contributed by atoms with E-state index in [4.69, 9.17) is 16.6 Å². The van der Waals surface area contributed by atoms with Gasteiger partial charge in [0.2, 0.25) is 0 Å². The number of amidine groups is 1. The molecule has 34 heavy (non-hydrogen) atoms. The lowest BCUT2D eigenvalue weighted by molar-refractivity contribution is -0.384. The Morgan fingerprint density at radius 1 is 0.941 bits per heavy atom. The Balaban J connectivity index is 1.81. The van der Waals surface area contributed by atoms with E-state index in [-0.39, 0.29) is 16.6 Å². The molecule has 0 radical (unpaired) electrons. The summed E-state index contributed by atoms with van der Waals surface area (Å²) in [4.78, 5) is 31.0. The molecular formula is C26H22ClN3O3S. The number of benzene rings is 3. The lowest BCUT2D eigenvalue weighted by Gasteiger charge is -2.17. The van der Waals surface area contributed by atoms with Gasteiger partial charge in [0.1, 0.15) is 5.02 Å². The number of nitro groups is 1. The van der Waals surface area contributed by atoms with Gasteiger partial charge in [0.05, 0.1) is 21.2 Å². The summed E-state index contributed by atoms with van der Waals surface area (Å²) >= 11 is 7.18. The van der Waals surface area contributed by atoms with Crippen molar-refractivity contribution in [3.63, 3.8) is 0 Å². The quantitative estimate of drug-likeness (QED) is 0.218. The van der Waals surface area contributed by atoms with Gasteiger partial charge in [-0.1, -0.05) is 29.8 Å². The molecule has 0 bridgehead atoms. The van der Waals surface area contributed by atoms with Crippen LogP contribution in [0.25, 0.3) is 6.08 Å². The first-order valence-corrected chi connectivity index (χ1v) is 11.7. The summed E-state index contributed by atoms with van der Waals surface area (Å²) in [5, 5.41) is 11.8. The van der Waals surface area contributed by atoms with E-state index in [9.17, 15) is 14.9 Å². The Morgan fingerprint density at radius 2 is 1.62 bits per heavy atom. The van der Waals surface area contributed by atoms with Crippen molar-refractivity contribution in [1.82, 2.24) is 0 Å². The number of nitro benzene ring substituents is 1. The van der Waals surface area contributed by atoms with E-state index in [1.807, 2.05) is 64.1 Å². The molecular weight excluding hydrogens is 470 g/mol. The third-order valence-electron chi connectivity index (χ3n) is 5.73. The molecule has 3 aromatic carbocycles. The summed E-state index contributed by atoms with van der Waals surface area (Å²) in [5.74, 6) is -0.242. The molecule has 172 valence electrons. The number of aliphatic imine (C=N–C) groups is 1. The van der Waals surface area contributed by atoms with Crippen LogP contribution in [0.2, 0.25) is 5.02 Å². The molecule has 0 aromatic heterocycles. The van der Waals surface area contributed by atoms with Crippen molar-refractivity contribution >= 4 is 57.6 Å². The van der Waals surface area contributed by atoms with Gasteiger partial charge in [-0.25, -0.2) is 4.99 Å². The van der Waals surface area contributed by atoms with Crippen molar-refractivity contribution in [2.75, 3.05) is 4.90 Å². The Bertz CT molecular complexity index is 1400. The summed E-state index contributed by atoms with van der Waals surface area (Å²) in [6.07, 6.45) is 1.63. The van der Waals surface area contributed by atoms with Gasteiger partial charge in [0.15, 0.2) is 5.17 Å². The van der Waals surface area contributed by atoms with Gasteiger partial charge in [-0.15, -0.1) is 0 Å². The third-order valence-corrected chi connectivity index (χ3v) is 7.02. The summed E-state index contributed by atoms with van der Waals surface area (Å²) in [6.45, 7) is 8.07. The van der Waals surface area contributed by atoms with Crippen molar-refractivity contribution in [3.8, 4) is 0 Å². The molecule has 0 atom stereocenters. The maximum absolute atomic E-state index is 13.5. The number of rotatable bonds is 4. The topological polar surface area (TPSA) is 75.8 Å². The summed E-state index contributed by atoms with van der Waals surface area (Å²) in [5.41, 5.74) is 6.23. The first-order chi connectivity index (χ1) is 16.1. The van der Waals surface area contributed by atoms with Gasteiger partial charge in [0.25, 0.3) is 11.6 Å². The van der Waals surface area contributed by atoms with Crippen molar-refractivity contribution in [2.45, 2.75) is 27.7 Å². The number of anilines is 1. The fourth-order valence-corrected chi connectivity index (χ4v) is 4.64. The van der Waals surface area contributed by atoms with Crippen molar-refractivity contribution in [1.29, 1.82) is 0 Å². The van der Waals surface area contributed by atoms with E-state index in [2.05, 4.69) is 0 Å². The van der Waals surface area contributed by atoms with Crippen molar-refractivity contribution < 1.29 is 9.72 Å². The second kappa shape index (κ2) is 9.44. The van der Waals surface area contributed by atoms with Crippen LogP contribution in [-0.4, -0.2) is 16.0 Å². The molecule has 0 saturated carbocycles. The van der Waals surface area contributed by atoms with Crippen LogP contribution in [0.3, 0.4) is 0 Å². The number of carbonyl (C=O) groups excluding carboxylic acids is 1. The van der Waals surface area contributed by atoms with Crippen LogP contribution < -0.4 is 4.90 Å². The van der Waals surface area contributed by atoms with Gasteiger partial charge >= 0.3 is 0 Å². The van der Waals surface area contributed by atoms with Crippen molar-refractivity contribution in [3.05, 3.63) is 102 Å². The van der Waals surface area contributed by atoms with Crippen LogP contribution in [0.15, 0.2) is 64.5 Å². The highest BCUT2D eigenvalue weighted by molar-refractivity contribution is 8.19. The van der Waals surface area contributed by atoms with Crippen LogP contribution in [0, 0.1) is 37.8 Å². The number of thioether (sulfide) groups is 1. The second-order valence-electron chi connectivity index (χ2n) is 8.15. The van der Waals surface area contributed by atoms with E-state index >= 15 is 0 Å². The Morgan fingerprint density at radius 3 is 2.26 bits per heavy atom. The standard InChI is InChI=1S/C26H22ClN3O3S/c1-15-5-8-20(11-17(15)3)28-26-29(21-9-6-16(2)18(4)12-21)25(31)24(34-26)14-19-7-10-22(27)23(13-19)30(32)33/h5-14H,1-4H3/b24-14-,28-26?. The van der Waals surface area contributed by atoms with Gasteiger partial charge in [-0.3, -0.25) is 19.8 Å². The largest absolute Gasteiger partial charge is 0.288 e. The maximum atomic E-state index is 13.5. The van der Waals surface area contributed by atoms with E-state index in [1.165, 1.54) is 23.9 Å². The molecule has 0 unspecified atom stereocenters. The molecule has 0 N–H and O–H groups in total. The number of carbonyl (C=O) groups is 1. The van der Waals surface area contributed by atoms with Gasteiger partial charge < -0.3 is 0 Å². The van der Waals surface area contributed by atoms with Gasteiger partial charge in [-0.05, 0) is 104 Å². The predicted octanol–water partition coefficient (Wildman–Crippen LogP) is 7.29. The molecule has 6 nitrogen and oxygen atoms in total. The summed E-state index contributed by atoms with van der Waals surface area (Å²) < 4.78 is 0. The van der Waals surface area contributed by atoms with Crippen molar-refractivity contribution in [2.24, 2.45) is 4.99 Å². The number of nitrogens with zero attached hydrogens (tertiary/aromatic N) is 3. The summed E-state index contributed by atoms with van der Waals surface area (Å²) in [7, 11) is 0. The molecule has 0 aliphatic carbocycles. The molecule has 1 fully saturated rings. The first kappa shape index (κ1) is 23.7. The first-order valence-electron chi connectivity index (χ1n) is 10.5. The summed E-state index contributed by atoms with van der Waals surface area (Å²) in [6, 6.07) is 16.2. The zero-order valence-corrected chi connectivity index (χ0v) is 20.7. The van der Waals surface area contributed by atoms with Crippen LogP contribution in [-0.2, 0) is 4.79 Å². The van der Waals surface area contributed by atoms with E-state index < -0.39 is 4.92 Å². The highest BCUT2D eigenvalue weighted by Gasteiger charge is 2.35. The monoisotopic (exact) mass is 491 g/mol. The third kappa shape index (κ3) is 4.76. The smallest absolute Gasteiger partial charge is 0.268 e. The number of aryl methyl sites for hydroxylation is 4. The minimum Gasteiger partial charge on any atom is -0.268 e. The molecule has 1 aliphatic heterocycles. The average Bonchev–Trinajstić information content (AvgIpc) is 3.08. The maximum Gasteiger partial charge on any atom is 0.288 e. The lowest BCUT2D eigenvalue weighted by Crippen LogP contribution is -2.28. The highest BCUT2D eigenvalue weighted by Crippen LogP contribution is 2.38. The number of halogens is 1. The van der Waals surface area contributed by atoms with E-state index in [1.54, 1.807) is 17.0 Å². The minimum atomic E-state index is -0.540. The molecule has 3 aromatic rings. The Labute approximate surface area is 207 Å². The lowest BCUT2D eigenvalue weighted by atomic mass is 10.1. The van der Waals surface area contributed by atoms with Crippen LogP contribution >= 0.6 is 23.4 Å². The highest BCUT2D eigenvalue weighted by atomic mass is 35.5.